The second kappa shape index (κ2) is 8.44. The fourth-order valence-electron chi connectivity index (χ4n) is 2.83. The molecule has 0 unspecified atom stereocenters. The molecule has 1 aliphatic rings. The van der Waals surface area contributed by atoms with E-state index in [2.05, 4.69) is 17.2 Å². The Morgan fingerprint density at radius 1 is 1.13 bits per heavy atom. The topological polar surface area (TPSA) is 70.7 Å². The lowest BCUT2D eigenvalue weighted by atomic mass is 10.1. The van der Waals surface area contributed by atoms with Crippen LogP contribution in [0.4, 0.5) is 22.4 Å². The number of carbonyl (C=O) groups excluding carboxylic acids is 2. The minimum absolute atomic E-state index is 0.00872. The Hall–Kier alpha value is -3.56. The molecule has 6 nitrogen and oxygen atoms in total. The highest BCUT2D eigenvalue weighted by Crippen LogP contribution is 2.33. The average Bonchev–Trinajstić information content (AvgIpc) is 3.00. The van der Waals surface area contributed by atoms with Gasteiger partial charge in [0.1, 0.15) is 11.6 Å². The molecule has 2 aromatic rings. The number of nitrogens with zero attached hydrogens (tertiary/aromatic N) is 1. The number of fused-ring (bicyclic) bond motifs is 1. The number of imide groups is 1. The van der Waals surface area contributed by atoms with Gasteiger partial charge in [-0.25, -0.2) is 9.18 Å². The number of alkyl halides is 3. The highest BCUT2D eigenvalue weighted by Gasteiger charge is 2.29. The van der Waals surface area contributed by atoms with Crippen LogP contribution in [-0.4, -0.2) is 36.3 Å². The van der Waals surface area contributed by atoms with Gasteiger partial charge in [0, 0.05) is 23.4 Å². The summed E-state index contributed by atoms with van der Waals surface area (Å²) < 4.78 is 54.6. The number of carbonyl (C=O) groups is 2. The highest BCUT2D eigenvalue weighted by atomic mass is 19.4. The van der Waals surface area contributed by atoms with Crippen LogP contribution in [-0.2, 0) is 6.54 Å². The van der Waals surface area contributed by atoms with E-state index in [1.807, 2.05) is 0 Å². The van der Waals surface area contributed by atoms with Crippen molar-refractivity contribution in [2.75, 3.05) is 13.3 Å². The molecule has 2 aromatic carbocycles. The lowest BCUT2D eigenvalue weighted by molar-refractivity contribution is -0.153. The van der Waals surface area contributed by atoms with Crippen LogP contribution in [0.3, 0.4) is 0 Å². The molecule has 1 aliphatic heterocycles. The maximum absolute atomic E-state index is 12.9. The molecule has 0 saturated heterocycles. The van der Waals surface area contributed by atoms with Crippen LogP contribution in [0.2, 0.25) is 0 Å². The summed E-state index contributed by atoms with van der Waals surface area (Å²) in [6.45, 7) is 2.88. The number of halogens is 4. The van der Waals surface area contributed by atoms with E-state index in [0.29, 0.717) is 17.8 Å². The van der Waals surface area contributed by atoms with Gasteiger partial charge in [0.15, 0.2) is 6.61 Å². The summed E-state index contributed by atoms with van der Waals surface area (Å²) in [5.74, 6) is -1.14. The number of hydrogen-bond donors (Lipinski definition) is 2. The van der Waals surface area contributed by atoms with Crippen molar-refractivity contribution >= 4 is 17.6 Å². The quantitative estimate of drug-likeness (QED) is 0.721. The molecular weight excluding hydrogens is 406 g/mol. The van der Waals surface area contributed by atoms with Gasteiger partial charge < -0.3 is 15.0 Å². The maximum atomic E-state index is 12.9. The van der Waals surface area contributed by atoms with Gasteiger partial charge in [-0.15, -0.1) is 0 Å². The third kappa shape index (κ3) is 5.28. The monoisotopic (exact) mass is 423 g/mol. The molecule has 3 amide bonds. The van der Waals surface area contributed by atoms with E-state index in [1.165, 1.54) is 24.3 Å². The fraction of sp³-hybridized carbons (Fsp3) is 0.200. The van der Waals surface area contributed by atoms with Gasteiger partial charge in [-0.05, 0) is 42.0 Å². The molecule has 30 heavy (non-hydrogen) atoms. The van der Waals surface area contributed by atoms with Gasteiger partial charge >= 0.3 is 12.2 Å². The molecule has 0 atom stereocenters. The van der Waals surface area contributed by atoms with E-state index in [0.717, 1.165) is 17.7 Å². The highest BCUT2D eigenvalue weighted by molar-refractivity contribution is 6.04. The van der Waals surface area contributed by atoms with Crippen molar-refractivity contribution in [2.24, 2.45) is 0 Å². The Morgan fingerprint density at radius 2 is 1.83 bits per heavy atom. The van der Waals surface area contributed by atoms with E-state index in [1.54, 1.807) is 11.0 Å². The second-order valence-electron chi connectivity index (χ2n) is 6.49. The first kappa shape index (κ1) is 21.2. The van der Waals surface area contributed by atoms with Gasteiger partial charge in [-0.2, -0.15) is 13.2 Å². The van der Waals surface area contributed by atoms with E-state index in [-0.39, 0.29) is 18.0 Å². The Balaban J connectivity index is 1.53. The van der Waals surface area contributed by atoms with Crippen molar-refractivity contribution in [3.8, 4) is 5.75 Å². The molecule has 158 valence electrons. The van der Waals surface area contributed by atoms with Crippen molar-refractivity contribution in [3.05, 3.63) is 71.6 Å². The predicted octanol–water partition coefficient (Wildman–Crippen LogP) is 3.65. The summed E-state index contributed by atoms with van der Waals surface area (Å²) in [6, 6.07) is 8.46. The lowest BCUT2D eigenvalue weighted by Crippen LogP contribution is -2.43. The number of urea groups is 1. The van der Waals surface area contributed by atoms with E-state index < -0.39 is 30.5 Å². The average molecular weight is 423 g/mol. The molecule has 0 fully saturated rings. The fourth-order valence-corrected chi connectivity index (χ4v) is 2.83. The van der Waals surface area contributed by atoms with Crippen LogP contribution in [0.25, 0.3) is 5.70 Å². The third-order valence-corrected chi connectivity index (χ3v) is 4.30. The van der Waals surface area contributed by atoms with Crippen molar-refractivity contribution in [1.29, 1.82) is 0 Å². The summed E-state index contributed by atoms with van der Waals surface area (Å²) in [5, 5.41) is 4.62. The molecule has 2 N–H and O–H groups in total. The van der Waals surface area contributed by atoms with Gasteiger partial charge in [0.2, 0.25) is 0 Å². The van der Waals surface area contributed by atoms with E-state index >= 15 is 0 Å². The van der Waals surface area contributed by atoms with Gasteiger partial charge in [0.25, 0.3) is 5.91 Å². The van der Waals surface area contributed by atoms with Crippen LogP contribution >= 0.6 is 0 Å². The van der Waals surface area contributed by atoms with Crippen LogP contribution < -0.4 is 15.4 Å². The zero-order valence-electron chi connectivity index (χ0n) is 15.6. The molecule has 0 bridgehead atoms. The molecule has 1 heterocycles. The predicted molar refractivity (Wildman–Crippen MR) is 99.8 cm³/mol. The number of ether oxygens (including phenoxy) is 1. The first-order chi connectivity index (χ1) is 14.1. The first-order valence-electron chi connectivity index (χ1n) is 8.74. The molecule has 0 radical (unpaired) electrons. The number of benzene rings is 2. The van der Waals surface area contributed by atoms with Crippen LogP contribution in [0.1, 0.15) is 21.5 Å². The summed E-state index contributed by atoms with van der Waals surface area (Å²) >= 11 is 0. The van der Waals surface area contributed by atoms with E-state index in [9.17, 15) is 27.2 Å². The summed E-state index contributed by atoms with van der Waals surface area (Å²) in [7, 11) is 0. The van der Waals surface area contributed by atoms with Crippen molar-refractivity contribution in [3.63, 3.8) is 0 Å². The normalized spacial score (nSPS) is 13.1. The van der Waals surface area contributed by atoms with Crippen LogP contribution in [0.15, 0.2) is 49.0 Å². The minimum atomic E-state index is -4.44. The molecule has 0 saturated carbocycles. The van der Waals surface area contributed by atoms with Crippen molar-refractivity contribution in [2.45, 2.75) is 12.7 Å². The van der Waals surface area contributed by atoms with Crippen LogP contribution in [0, 0.1) is 5.82 Å². The number of nitrogens with one attached hydrogen (secondary N) is 2. The largest absolute Gasteiger partial charge is 0.484 e. The lowest BCUT2D eigenvalue weighted by Gasteiger charge is -2.20. The Bertz CT molecular complexity index is 974. The van der Waals surface area contributed by atoms with E-state index in [4.69, 9.17) is 4.74 Å². The standard InChI is InChI=1S/C20H17F4N3O3/c1-12-17-8-16(30-10-20(22,23)24)7-4-14(17)9-27(12)11-25-19(29)26-18(28)13-2-5-15(21)6-3-13/h2-8H,1,9-11H2,(H2,25,26,28,29). The number of hydrogen-bond acceptors (Lipinski definition) is 4. The SMILES string of the molecule is C=C1c2cc(OCC(F)(F)F)ccc2CN1CNC(=O)NC(=O)c1ccc(F)cc1. The molecule has 0 aromatic heterocycles. The van der Waals surface area contributed by atoms with Crippen LogP contribution in [0.5, 0.6) is 5.75 Å². The number of rotatable bonds is 5. The Labute approximate surface area is 169 Å². The molecular formula is C20H17F4N3O3. The third-order valence-electron chi connectivity index (χ3n) is 4.30. The first-order valence-corrected chi connectivity index (χ1v) is 8.74. The summed E-state index contributed by atoms with van der Waals surface area (Å²) in [5.41, 5.74) is 2.03. The second-order valence-corrected chi connectivity index (χ2v) is 6.49. The van der Waals surface area contributed by atoms with Gasteiger partial charge in [-0.3, -0.25) is 10.1 Å². The molecule has 10 heteroatoms. The van der Waals surface area contributed by atoms with Gasteiger partial charge in [0.05, 0.1) is 6.67 Å². The Morgan fingerprint density at radius 3 is 2.50 bits per heavy atom. The Kier molecular flexibility index (Phi) is 5.95. The minimum Gasteiger partial charge on any atom is -0.484 e. The summed E-state index contributed by atoms with van der Waals surface area (Å²) in [4.78, 5) is 25.6. The van der Waals surface area contributed by atoms with Crippen molar-refractivity contribution < 1.29 is 31.9 Å². The van der Waals surface area contributed by atoms with Gasteiger partial charge in [-0.1, -0.05) is 12.6 Å². The summed E-state index contributed by atoms with van der Waals surface area (Å²) in [6.07, 6.45) is -4.44. The smallest absolute Gasteiger partial charge is 0.422 e. The zero-order chi connectivity index (χ0) is 21.9. The molecule has 0 spiro atoms. The van der Waals surface area contributed by atoms with Crippen molar-refractivity contribution in [1.82, 2.24) is 15.5 Å². The number of amides is 3. The molecule has 0 aliphatic carbocycles. The molecule has 3 rings (SSSR count). The zero-order valence-corrected chi connectivity index (χ0v) is 15.6. The maximum Gasteiger partial charge on any atom is 0.422 e.